The van der Waals surface area contributed by atoms with Gasteiger partial charge in [0.2, 0.25) is 0 Å². The lowest BCUT2D eigenvalue weighted by atomic mass is 10.0. The minimum absolute atomic E-state index is 0.225. The SMILES string of the molecule is OCC1NCCC1c1cncs1. The molecule has 1 aliphatic rings. The summed E-state index contributed by atoms with van der Waals surface area (Å²) < 4.78 is 0. The third-order valence-electron chi connectivity index (χ3n) is 2.36. The number of thiazole rings is 1. The van der Waals surface area contributed by atoms with Crippen LogP contribution in [-0.2, 0) is 0 Å². The first-order valence-corrected chi connectivity index (χ1v) is 5.02. The Morgan fingerprint density at radius 3 is 3.33 bits per heavy atom. The van der Waals surface area contributed by atoms with Gasteiger partial charge in [-0.15, -0.1) is 11.3 Å². The van der Waals surface area contributed by atoms with Gasteiger partial charge in [0.05, 0.1) is 12.1 Å². The highest BCUT2D eigenvalue weighted by Crippen LogP contribution is 2.29. The number of hydrogen-bond acceptors (Lipinski definition) is 4. The van der Waals surface area contributed by atoms with Gasteiger partial charge in [-0.25, -0.2) is 0 Å². The smallest absolute Gasteiger partial charge is 0.0794 e. The fourth-order valence-electron chi connectivity index (χ4n) is 1.71. The van der Waals surface area contributed by atoms with Gasteiger partial charge in [-0.2, -0.15) is 0 Å². The molecule has 12 heavy (non-hydrogen) atoms. The Balaban J connectivity index is 2.13. The number of aliphatic hydroxyl groups excluding tert-OH is 1. The van der Waals surface area contributed by atoms with Crippen LogP contribution >= 0.6 is 11.3 Å². The highest BCUT2D eigenvalue weighted by atomic mass is 32.1. The van der Waals surface area contributed by atoms with E-state index >= 15 is 0 Å². The molecule has 1 saturated heterocycles. The van der Waals surface area contributed by atoms with Crippen LogP contribution in [0, 0.1) is 0 Å². The first-order valence-electron chi connectivity index (χ1n) is 4.14. The van der Waals surface area contributed by atoms with Gasteiger partial charge in [0.25, 0.3) is 0 Å². The molecule has 66 valence electrons. The van der Waals surface area contributed by atoms with Crippen molar-refractivity contribution in [2.75, 3.05) is 13.2 Å². The number of hydrogen-bond donors (Lipinski definition) is 2. The topological polar surface area (TPSA) is 45.1 Å². The Bertz CT molecular complexity index is 237. The van der Waals surface area contributed by atoms with E-state index in [2.05, 4.69) is 10.3 Å². The molecule has 2 atom stereocenters. The maximum Gasteiger partial charge on any atom is 0.0794 e. The lowest BCUT2D eigenvalue weighted by Crippen LogP contribution is -2.29. The van der Waals surface area contributed by atoms with E-state index in [1.165, 1.54) is 4.88 Å². The molecule has 1 aromatic heterocycles. The second kappa shape index (κ2) is 3.51. The molecular formula is C8H12N2OS. The average molecular weight is 184 g/mol. The van der Waals surface area contributed by atoms with Crippen LogP contribution in [0.15, 0.2) is 11.7 Å². The Kier molecular flexibility index (Phi) is 2.39. The zero-order valence-corrected chi connectivity index (χ0v) is 7.55. The summed E-state index contributed by atoms with van der Waals surface area (Å²) in [6.45, 7) is 1.23. The zero-order valence-electron chi connectivity index (χ0n) is 6.73. The van der Waals surface area contributed by atoms with E-state index in [4.69, 9.17) is 5.11 Å². The van der Waals surface area contributed by atoms with Gasteiger partial charge in [0, 0.05) is 23.0 Å². The molecule has 4 heteroatoms. The second-order valence-electron chi connectivity index (χ2n) is 3.04. The van der Waals surface area contributed by atoms with E-state index in [9.17, 15) is 0 Å². The predicted molar refractivity (Wildman–Crippen MR) is 48.3 cm³/mol. The molecule has 0 saturated carbocycles. The van der Waals surface area contributed by atoms with Gasteiger partial charge >= 0.3 is 0 Å². The largest absolute Gasteiger partial charge is 0.395 e. The molecule has 0 radical (unpaired) electrons. The Morgan fingerprint density at radius 1 is 1.75 bits per heavy atom. The third-order valence-corrected chi connectivity index (χ3v) is 3.27. The summed E-state index contributed by atoms with van der Waals surface area (Å²) in [6, 6.07) is 0.241. The standard InChI is InChI=1S/C8H12N2OS/c11-4-7-6(1-2-10-7)8-3-9-5-12-8/h3,5-7,10-11H,1-2,4H2. The molecule has 2 heterocycles. The summed E-state index contributed by atoms with van der Waals surface area (Å²) in [6.07, 6.45) is 3.03. The van der Waals surface area contributed by atoms with Crippen LogP contribution in [0.3, 0.4) is 0 Å². The van der Waals surface area contributed by atoms with Gasteiger partial charge in [-0.3, -0.25) is 4.98 Å². The van der Waals surface area contributed by atoms with Crippen LogP contribution in [0.4, 0.5) is 0 Å². The summed E-state index contributed by atoms with van der Waals surface area (Å²) in [5.74, 6) is 0.475. The number of nitrogens with one attached hydrogen (secondary N) is 1. The van der Waals surface area contributed by atoms with E-state index in [1.807, 2.05) is 11.7 Å². The Morgan fingerprint density at radius 2 is 2.67 bits per heavy atom. The van der Waals surface area contributed by atoms with Crippen LogP contribution in [-0.4, -0.2) is 29.3 Å². The maximum atomic E-state index is 9.06. The van der Waals surface area contributed by atoms with Gasteiger partial charge in [0.1, 0.15) is 0 Å². The van der Waals surface area contributed by atoms with Gasteiger partial charge in [-0.05, 0) is 13.0 Å². The van der Waals surface area contributed by atoms with Crippen LogP contribution in [0.2, 0.25) is 0 Å². The molecule has 1 aromatic rings. The van der Waals surface area contributed by atoms with Gasteiger partial charge in [-0.1, -0.05) is 0 Å². The molecule has 3 nitrogen and oxygen atoms in total. The summed E-state index contributed by atoms with van der Waals surface area (Å²) in [5.41, 5.74) is 1.85. The maximum absolute atomic E-state index is 9.06. The van der Waals surface area contributed by atoms with E-state index < -0.39 is 0 Å². The van der Waals surface area contributed by atoms with Crippen molar-refractivity contribution in [2.24, 2.45) is 0 Å². The lowest BCUT2D eigenvalue weighted by molar-refractivity contribution is 0.246. The molecule has 1 aliphatic heterocycles. The minimum atomic E-state index is 0.225. The summed E-state index contributed by atoms with van der Waals surface area (Å²) in [5, 5.41) is 12.3. The summed E-state index contributed by atoms with van der Waals surface area (Å²) >= 11 is 1.68. The van der Waals surface area contributed by atoms with Crippen molar-refractivity contribution < 1.29 is 5.11 Å². The average Bonchev–Trinajstić information content (AvgIpc) is 2.74. The second-order valence-corrected chi connectivity index (χ2v) is 3.96. The van der Waals surface area contributed by atoms with Gasteiger partial charge < -0.3 is 10.4 Å². The van der Waals surface area contributed by atoms with Crippen LogP contribution in [0.5, 0.6) is 0 Å². The predicted octanol–water partition coefficient (Wildman–Crippen LogP) is 0.581. The zero-order chi connectivity index (χ0) is 8.39. The first kappa shape index (κ1) is 8.16. The van der Waals surface area contributed by atoms with E-state index in [1.54, 1.807) is 11.3 Å². The normalized spacial score (nSPS) is 29.4. The molecule has 2 unspecified atom stereocenters. The monoisotopic (exact) mass is 184 g/mol. The van der Waals surface area contributed by atoms with E-state index in [0.29, 0.717) is 5.92 Å². The van der Waals surface area contributed by atoms with Crippen LogP contribution in [0.25, 0.3) is 0 Å². The van der Waals surface area contributed by atoms with Crippen LogP contribution < -0.4 is 5.32 Å². The van der Waals surface area contributed by atoms with Gasteiger partial charge in [0.15, 0.2) is 0 Å². The summed E-state index contributed by atoms with van der Waals surface area (Å²) in [4.78, 5) is 5.34. The van der Waals surface area contributed by atoms with Crippen molar-refractivity contribution >= 4 is 11.3 Å². The number of rotatable bonds is 2. The molecule has 0 amide bonds. The molecular weight excluding hydrogens is 172 g/mol. The molecule has 0 aromatic carbocycles. The molecule has 0 spiro atoms. The van der Waals surface area contributed by atoms with Crippen molar-refractivity contribution in [3.05, 3.63) is 16.6 Å². The number of nitrogens with zero attached hydrogens (tertiary/aromatic N) is 1. The van der Waals surface area contributed by atoms with Crippen molar-refractivity contribution in [3.8, 4) is 0 Å². The van der Waals surface area contributed by atoms with E-state index in [-0.39, 0.29) is 12.6 Å². The summed E-state index contributed by atoms with van der Waals surface area (Å²) in [7, 11) is 0. The molecule has 1 fully saturated rings. The Labute approximate surface area is 75.5 Å². The fourth-order valence-corrected chi connectivity index (χ4v) is 2.53. The first-order chi connectivity index (χ1) is 5.92. The molecule has 2 N–H and O–H groups in total. The lowest BCUT2D eigenvalue weighted by Gasteiger charge is -2.14. The fraction of sp³-hybridized carbons (Fsp3) is 0.625. The highest BCUT2D eigenvalue weighted by molar-refractivity contribution is 7.09. The van der Waals surface area contributed by atoms with Crippen molar-refractivity contribution in [3.63, 3.8) is 0 Å². The van der Waals surface area contributed by atoms with Crippen LogP contribution in [0.1, 0.15) is 17.2 Å². The van der Waals surface area contributed by atoms with Crippen molar-refractivity contribution in [1.82, 2.24) is 10.3 Å². The Hall–Kier alpha value is -0.450. The number of aliphatic hydroxyl groups is 1. The molecule has 2 rings (SSSR count). The van der Waals surface area contributed by atoms with E-state index in [0.717, 1.165) is 13.0 Å². The highest BCUT2D eigenvalue weighted by Gasteiger charge is 2.28. The minimum Gasteiger partial charge on any atom is -0.395 e. The molecule has 0 bridgehead atoms. The quantitative estimate of drug-likeness (QED) is 0.706. The number of aromatic nitrogens is 1. The molecule has 0 aliphatic carbocycles. The van der Waals surface area contributed by atoms with Crippen molar-refractivity contribution in [2.45, 2.75) is 18.4 Å². The third kappa shape index (κ3) is 1.37. The van der Waals surface area contributed by atoms with Crippen molar-refractivity contribution in [1.29, 1.82) is 0 Å².